The monoisotopic (exact) mass is 1060 g/mol. The number of rotatable bonds is 55. The van der Waals surface area contributed by atoms with Crippen LogP contribution in [0.15, 0.2) is 146 Å². The molecule has 0 spiro atoms. The Kier molecular flexibility index (Phi) is 59.9. The molecule has 6 nitrogen and oxygen atoms in total. The summed E-state index contributed by atoms with van der Waals surface area (Å²) in [4.78, 5) is 38.3. The molecule has 0 aliphatic rings. The molecule has 0 bridgehead atoms. The van der Waals surface area contributed by atoms with Gasteiger partial charge in [0.2, 0.25) is 0 Å². The first-order valence-corrected chi connectivity index (χ1v) is 31.3. The fraction of sp³-hybridized carbons (Fsp3) is 0.620. The molecule has 0 heterocycles. The lowest BCUT2D eigenvalue weighted by Gasteiger charge is -2.18. The molecule has 0 aliphatic carbocycles. The number of hydrogen-bond acceptors (Lipinski definition) is 6. The molecule has 0 radical (unpaired) electrons. The molecule has 0 N–H and O–H groups in total. The van der Waals surface area contributed by atoms with Crippen LogP contribution in [-0.4, -0.2) is 37.2 Å². The normalized spacial score (nSPS) is 13.1. The van der Waals surface area contributed by atoms with E-state index in [2.05, 4.69) is 167 Å². The van der Waals surface area contributed by atoms with E-state index in [1.54, 1.807) is 0 Å². The number of carbonyl (C=O) groups is 3. The maximum absolute atomic E-state index is 12.9. The predicted octanol–water partition coefficient (Wildman–Crippen LogP) is 21.5. The van der Waals surface area contributed by atoms with Crippen LogP contribution in [0.2, 0.25) is 0 Å². The van der Waals surface area contributed by atoms with Crippen molar-refractivity contribution in [1.29, 1.82) is 0 Å². The Labute approximate surface area is 474 Å². The fourth-order valence-electron chi connectivity index (χ4n) is 8.09. The molecule has 0 fully saturated rings. The first-order chi connectivity index (χ1) is 38.0. The van der Waals surface area contributed by atoms with Crippen LogP contribution in [0.1, 0.15) is 265 Å². The van der Waals surface area contributed by atoms with Gasteiger partial charge in [0.25, 0.3) is 0 Å². The Morgan fingerprint density at radius 1 is 0.273 bits per heavy atom. The second-order valence-electron chi connectivity index (χ2n) is 20.2. The van der Waals surface area contributed by atoms with E-state index >= 15 is 0 Å². The number of unbranched alkanes of at least 4 members (excludes halogenated alkanes) is 20. The molecule has 0 rings (SSSR count). The van der Waals surface area contributed by atoms with E-state index in [0.717, 1.165) is 173 Å². The van der Waals surface area contributed by atoms with Crippen molar-refractivity contribution in [2.24, 2.45) is 0 Å². The van der Waals surface area contributed by atoms with Crippen LogP contribution in [0.5, 0.6) is 0 Å². The second-order valence-corrected chi connectivity index (χ2v) is 20.2. The van der Waals surface area contributed by atoms with Crippen molar-refractivity contribution in [3.8, 4) is 0 Å². The van der Waals surface area contributed by atoms with Crippen molar-refractivity contribution in [2.75, 3.05) is 13.2 Å². The number of carbonyl (C=O) groups excluding carboxylic acids is 3. The highest BCUT2D eigenvalue weighted by Gasteiger charge is 2.19. The van der Waals surface area contributed by atoms with Crippen LogP contribution in [0, 0.1) is 0 Å². The zero-order chi connectivity index (χ0) is 55.7. The highest BCUT2D eigenvalue weighted by molar-refractivity contribution is 5.71. The van der Waals surface area contributed by atoms with E-state index < -0.39 is 6.10 Å². The van der Waals surface area contributed by atoms with Crippen LogP contribution in [0.3, 0.4) is 0 Å². The van der Waals surface area contributed by atoms with E-state index in [4.69, 9.17) is 14.2 Å². The minimum absolute atomic E-state index is 0.104. The van der Waals surface area contributed by atoms with Gasteiger partial charge in [-0.05, 0) is 141 Å². The second kappa shape index (κ2) is 63.8. The van der Waals surface area contributed by atoms with E-state index in [9.17, 15) is 14.4 Å². The van der Waals surface area contributed by atoms with Gasteiger partial charge in [-0.1, -0.05) is 250 Å². The van der Waals surface area contributed by atoms with Crippen molar-refractivity contribution >= 4 is 17.9 Å². The average Bonchev–Trinajstić information content (AvgIpc) is 3.43. The van der Waals surface area contributed by atoms with Crippen molar-refractivity contribution in [3.63, 3.8) is 0 Å². The molecule has 77 heavy (non-hydrogen) atoms. The maximum Gasteiger partial charge on any atom is 0.306 e. The van der Waals surface area contributed by atoms with Crippen LogP contribution in [0.25, 0.3) is 0 Å². The largest absolute Gasteiger partial charge is 0.462 e. The Morgan fingerprint density at radius 2 is 0.519 bits per heavy atom. The molecule has 0 saturated carbocycles. The third kappa shape index (κ3) is 62.0. The van der Waals surface area contributed by atoms with Crippen molar-refractivity contribution < 1.29 is 28.6 Å². The number of allylic oxidation sites excluding steroid dienone is 24. The summed E-state index contributed by atoms with van der Waals surface area (Å²) in [5.74, 6) is -0.959. The molecule has 0 aromatic heterocycles. The lowest BCUT2D eigenvalue weighted by Crippen LogP contribution is -2.30. The van der Waals surface area contributed by atoms with Gasteiger partial charge in [0, 0.05) is 19.3 Å². The Morgan fingerprint density at radius 3 is 0.831 bits per heavy atom. The topological polar surface area (TPSA) is 78.9 Å². The molecular formula is C71H114O6. The summed E-state index contributed by atoms with van der Waals surface area (Å²) >= 11 is 0. The zero-order valence-corrected chi connectivity index (χ0v) is 49.7. The maximum atomic E-state index is 12.9. The van der Waals surface area contributed by atoms with Gasteiger partial charge in [-0.2, -0.15) is 0 Å². The zero-order valence-electron chi connectivity index (χ0n) is 49.7. The summed E-state index contributed by atoms with van der Waals surface area (Å²) in [7, 11) is 0. The van der Waals surface area contributed by atoms with Crippen LogP contribution >= 0.6 is 0 Å². The number of ether oxygens (including phenoxy) is 3. The molecule has 0 aromatic carbocycles. The molecule has 0 amide bonds. The standard InChI is InChI=1S/C71H114O6/c1-4-7-10-13-16-19-22-25-28-30-31-32-33-34-35-36-37-38-39-40-41-42-44-46-49-52-55-58-61-64-70(73)76-67-68(66-75-69(72)63-60-57-54-51-48-45-27-24-21-18-15-12-9-6-3)77-71(74)65-62-59-56-53-50-47-43-29-26-23-20-17-14-11-8-5-2/h7,10,15-16,18-20,23-25,27-29,31-32,34-35,37-38,40-41,43-44,46,68H,4-6,8-9,11-14,17,21-22,26,30,33,36,39,42,45,47-67H2,1-3H3/b10-7-,18-15-,19-16-,23-20-,27-24-,28-25-,32-31-,35-34-,38-37-,41-40-,43-29-,46-44-. The first kappa shape index (κ1) is 72.3. The van der Waals surface area contributed by atoms with Gasteiger partial charge in [-0.25, -0.2) is 0 Å². The molecule has 0 saturated heterocycles. The van der Waals surface area contributed by atoms with Gasteiger partial charge in [0.05, 0.1) is 0 Å². The lowest BCUT2D eigenvalue weighted by molar-refractivity contribution is -0.167. The average molecular weight is 1060 g/mol. The summed E-state index contributed by atoms with van der Waals surface area (Å²) in [5.41, 5.74) is 0. The van der Waals surface area contributed by atoms with Crippen LogP contribution < -0.4 is 0 Å². The fourth-order valence-corrected chi connectivity index (χ4v) is 8.09. The molecule has 434 valence electrons. The Bertz CT molecular complexity index is 1700. The number of esters is 3. The highest BCUT2D eigenvalue weighted by atomic mass is 16.6. The summed E-state index contributed by atoms with van der Waals surface area (Å²) in [6.07, 6.45) is 91.3. The smallest absolute Gasteiger partial charge is 0.306 e. The molecule has 1 atom stereocenters. The lowest BCUT2D eigenvalue weighted by atomic mass is 10.1. The van der Waals surface area contributed by atoms with Crippen molar-refractivity contribution in [1.82, 2.24) is 0 Å². The Hall–Kier alpha value is -4.71. The highest BCUT2D eigenvalue weighted by Crippen LogP contribution is 2.13. The third-order valence-electron chi connectivity index (χ3n) is 12.8. The number of hydrogen-bond donors (Lipinski definition) is 0. The summed E-state index contributed by atoms with van der Waals surface area (Å²) in [5, 5.41) is 0. The minimum Gasteiger partial charge on any atom is -0.462 e. The molecule has 1 unspecified atom stereocenters. The molecule has 6 heteroatoms. The van der Waals surface area contributed by atoms with Gasteiger partial charge in [-0.3, -0.25) is 14.4 Å². The summed E-state index contributed by atoms with van der Waals surface area (Å²) in [6, 6.07) is 0. The first-order valence-electron chi connectivity index (χ1n) is 31.3. The van der Waals surface area contributed by atoms with E-state index in [1.165, 1.54) is 51.4 Å². The summed E-state index contributed by atoms with van der Waals surface area (Å²) < 4.78 is 16.9. The molecule has 0 aromatic rings. The van der Waals surface area contributed by atoms with Gasteiger partial charge >= 0.3 is 17.9 Å². The van der Waals surface area contributed by atoms with Crippen LogP contribution in [0.4, 0.5) is 0 Å². The summed E-state index contributed by atoms with van der Waals surface area (Å²) in [6.45, 7) is 6.42. The van der Waals surface area contributed by atoms with Crippen molar-refractivity contribution in [2.45, 2.75) is 271 Å². The van der Waals surface area contributed by atoms with Crippen molar-refractivity contribution in [3.05, 3.63) is 146 Å². The SMILES string of the molecule is CC/C=C\C/C=C\C/C=C\C/C=C\C/C=C\C/C=C\C/C=C\C/C=C\CCCCCCC(=O)OCC(COC(=O)CCCCCCC/C=C\C/C=C\CCCC)OC(=O)CCCCCCC/C=C\C/C=C\CCCCCC. The van der Waals surface area contributed by atoms with E-state index in [-0.39, 0.29) is 31.1 Å². The van der Waals surface area contributed by atoms with E-state index in [0.29, 0.717) is 19.3 Å². The third-order valence-corrected chi connectivity index (χ3v) is 12.8. The molecular weight excluding hydrogens is 949 g/mol. The van der Waals surface area contributed by atoms with Gasteiger partial charge in [0.1, 0.15) is 13.2 Å². The van der Waals surface area contributed by atoms with Gasteiger partial charge in [0.15, 0.2) is 6.10 Å². The molecule has 0 aliphatic heterocycles. The van der Waals surface area contributed by atoms with Gasteiger partial charge in [-0.15, -0.1) is 0 Å². The van der Waals surface area contributed by atoms with Gasteiger partial charge < -0.3 is 14.2 Å². The predicted molar refractivity (Wildman–Crippen MR) is 334 cm³/mol. The van der Waals surface area contributed by atoms with E-state index in [1.807, 2.05) is 0 Å². The quantitative estimate of drug-likeness (QED) is 0.0261. The minimum atomic E-state index is -0.809. The van der Waals surface area contributed by atoms with Crippen LogP contribution in [-0.2, 0) is 28.6 Å². The Balaban J connectivity index is 4.43.